The highest BCUT2D eigenvalue weighted by molar-refractivity contribution is 6.24. The summed E-state index contributed by atoms with van der Waals surface area (Å²) in [7, 11) is 1.79. The van der Waals surface area contributed by atoms with Crippen LogP contribution in [0, 0.1) is 0 Å². The molecular weight excluding hydrogens is 531 g/mol. The summed E-state index contributed by atoms with van der Waals surface area (Å²) in [5, 5.41) is 17.0. The molecule has 0 radical (unpaired) electrons. The predicted octanol–water partition coefficient (Wildman–Crippen LogP) is 2.58. The van der Waals surface area contributed by atoms with Gasteiger partial charge in [0.05, 0.1) is 29.5 Å². The molecule has 1 aromatic carbocycles. The van der Waals surface area contributed by atoms with Gasteiger partial charge in [0, 0.05) is 25.4 Å². The molecule has 3 unspecified atom stereocenters. The van der Waals surface area contributed by atoms with Crippen molar-refractivity contribution in [3.8, 4) is 5.75 Å². The highest BCUT2D eigenvalue weighted by atomic mass is 35.5. The molecule has 0 aromatic heterocycles. The van der Waals surface area contributed by atoms with Crippen molar-refractivity contribution in [3.05, 3.63) is 24.3 Å². The Hall–Kier alpha value is -2.28. The first-order valence-electron chi connectivity index (χ1n) is 12.7. The number of aliphatic hydroxyl groups is 1. The summed E-state index contributed by atoms with van der Waals surface area (Å²) in [6.45, 7) is -0.283. The normalized spacial score (nSPS) is 36.1. The van der Waals surface area contributed by atoms with E-state index in [-0.39, 0.29) is 25.9 Å². The number of rotatable bonds is 7. The second-order valence-electron chi connectivity index (χ2n) is 10.8. The number of alkyl halides is 4. The number of amides is 2. The van der Waals surface area contributed by atoms with Gasteiger partial charge in [0.25, 0.3) is 5.91 Å². The number of likely N-dealkylation sites (N-methyl/N-ethyl adjacent to an activating group) is 1. The Kier molecular flexibility index (Phi) is 7.21. The van der Waals surface area contributed by atoms with Crippen LogP contribution in [0.1, 0.15) is 44.9 Å². The van der Waals surface area contributed by atoms with Gasteiger partial charge in [0.15, 0.2) is 5.50 Å². The molecule has 9 nitrogen and oxygen atoms in total. The highest BCUT2D eigenvalue weighted by Gasteiger charge is 2.56. The van der Waals surface area contributed by atoms with E-state index in [0.29, 0.717) is 31.4 Å². The van der Waals surface area contributed by atoms with Gasteiger partial charge in [0.2, 0.25) is 12.0 Å². The highest BCUT2D eigenvalue weighted by Crippen LogP contribution is 2.47. The van der Waals surface area contributed by atoms with Crippen molar-refractivity contribution in [1.82, 2.24) is 10.6 Å². The van der Waals surface area contributed by atoms with E-state index < -0.39 is 59.2 Å². The number of hydrogen-bond donors (Lipinski definition) is 3. The van der Waals surface area contributed by atoms with E-state index in [0.717, 1.165) is 5.69 Å². The van der Waals surface area contributed by atoms with Gasteiger partial charge in [-0.25, -0.2) is 0 Å². The van der Waals surface area contributed by atoms with Crippen LogP contribution in [0.2, 0.25) is 0 Å². The van der Waals surface area contributed by atoms with Crippen molar-refractivity contribution < 1.29 is 42.1 Å². The number of fused-ring (bicyclic) bond motifs is 4. The molecule has 210 valence electrons. The van der Waals surface area contributed by atoms with Crippen molar-refractivity contribution in [2.45, 2.75) is 92.3 Å². The lowest BCUT2D eigenvalue weighted by Gasteiger charge is -2.56. The number of anilines is 1. The summed E-state index contributed by atoms with van der Waals surface area (Å²) in [6.07, 6.45) is -5.57. The van der Waals surface area contributed by atoms with Crippen molar-refractivity contribution in [2.24, 2.45) is 0 Å². The van der Waals surface area contributed by atoms with Gasteiger partial charge in [-0.05, 0) is 44.2 Å². The van der Waals surface area contributed by atoms with Gasteiger partial charge in [-0.15, -0.1) is 13.2 Å². The Morgan fingerprint density at radius 3 is 2.50 bits per heavy atom. The van der Waals surface area contributed by atoms with E-state index in [1.54, 1.807) is 18.0 Å². The van der Waals surface area contributed by atoms with Crippen LogP contribution in [-0.2, 0) is 19.1 Å². The Morgan fingerprint density at radius 1 is 1.16 bits per heavy atom. The lowest BCUT2D eigenvalue weighted by molar-refractivity contribution is -0.357. The third-order valence-electron chi connectivity index (χ3n) is 8.28. The zero-order chi connectivity index (χ0) is 27.3. The summed E-state index contributed by atoms with van der Waals surface area (Å²) in [5.41, 5.74) is -1.45. The number of benzene rings is 1. The molecule has 0 saturated heterocycles. The summed E-state index contributed by atoms with van der Waals surface area (Å²) in [4.78, 5) is 27.6. The second-order valence-corrected chi connectivity index (χ2v) is 11.2. The molecule has 0 spiro atoms. The summed E-state index contributed by atoms with van der Waals surface area (Å²) in [5.74, 6) is -0.254. The van der Waals surface area contributed by atoms with Gasteiger partial charge in [-0.3, -0.25) is 14.3 Å². The molecule has 5 aliphatic rings. The molecule has 3 atom stereocenters. The summed E-state index contributed by atoms with van der Waals surface area (Å²) >= 11 is 6.55. The smallest absolute Gasteiger partial charge is 0.475 e. The number of halogens is 4. The van der Waals surface area contributed by atoms with Crippen LogP contribution in [-0.4, -0.2) is 77.9 Å². The van der Waals surface area contributed by atoms with E-state index in [2.05, 4.69) is 15.4 Å². The molecule has 4 aliphatic carbocycles. The number of nitrogens with zero attached hydrogens (tertiary/aromatic N) is 1. The fraction of sp³-hybridized carbons (Fsp3) is 0.680. The molecule has 4 fully saturated rings. The molecule has 2 bridgehead atoms. The van der Waals surface area contributed by atoms with Crippen LogP contribution < -0.4 is 20.3 Å². The van der Waals surface area contributed by atoms with Gasteiger partial charge in [-0.2, -0.15) is 0 Å². The average Bonchev–Trinajstić information content (AvgIpc) is 2.83. The molecule has 1 heterocycles. The van der Waals surface area contributed by atoms with Crippen LogP contribution in [0.4, 0.5) is 18.9 Å². The third-order valence-corrected chi connectivity index (χ3v) is 8.80. The van der Waals surface area contributed by atoms with E-state index >= 15 is 0 Å². The molecule has 2 amide bonds. The Labute approximate surface area is 222 Å². The van der Waals surface area contributed by atoms with Gasteiger partial charge < -0.3 is 30.1 Å². The van der Waals surface area contributed by atoms with Gasteiger partial charge >= 0.3 is 6.36 Å². The van der Waals surface area contributed by atoms with Crippen molar-refractivity contribution in [1.29, 1.82) is 0 Å². The zero-order valence-corrected chi connectivity index (χ0v) is 21.6. The fourth-order valence-corrected chi connectivity index (χ4v) is 6.27. The number of nitrogens with one attached hydrogen (secondary N) is 2. The lowest BCUT2D eigenvalue weighted by atomic mass is 9.60. The van der Waals surface area contributed by atoms with Crippen molar-refractivity contribution in [3.63, 3.8) is 0 Å². The molecular formula is C25H31ClF3N3O6. The van der Waals surface area contributed by atoms with Crippen LogP contribution in [0.15, 0.2) is 24.3 Å². The topological polar surface area (TPSA) is 109 Å². The molecule has 1 aliphatic heterocycles. The molecule has 3 N–H and O–H groups in total. The number of para-hydroxylation sites is 2. The maximum Gasteiger partial charge on any atom is 0.522 e. The average molecular weight is 562 g/mol. The molecule has 38 heavy (non-hydrogen) atoms. The fourth-order valence-electron chi connectivity index (χ4n) is 6.00. The minimum atomic E-state index is -4.68. The Bertz CT molecular complexity index is 1060. The van der Waals surface area contributed by atoms with Crippen molar-refractivity contribution >= 4 is 29.1 Å². The van der Waals surface area contributed by atoms with E-state index in [1.165, 1.54) is 0 Å². The third kappa shape index (κ3) is 5.41. The van der Waals surface area contributed by atoms with Crippen LogP contribution in [0.5, 0.6) is 5.75 Å². The maximum absolute atomic E-state index is 13.3. The van der Waals surface area contributed by atoms with Crippen LogP contribution in [0.3, 0.4) is 0 Å². The molecule has 1 aromatic rings. The molecule has 6 rings (SSSR count). The molecule has 13 heteroatoms. The number of carbonyl (C=O) groups is 2. The first kappa shape index (κ1) is 27.3. The second kappa shape index (κ2) is 10.0. The number of ether oxygens (including phenoxy) is 3. The van der Waals surface area contributed by atoms with Gasteiger partial charge in [0.1, 0.15) is 12.4 Å². The van der Waals surface area contributed by atoms with Crippen LogP contribution in [0.25, 0.3) is 0 Å². The summed E-state index contributed by atoms with van der Waals surface area (Å²) < 4.78 is 52.0. The zero-order valence-electron chi connectivity index (χ0n) is 20.8. The van der Waals surface area contributed by atoms with Gasteiger partial charge in [-0.1, -0.05) is 23.7 Å². The summed E-state index contributed by atoms with van der Waals surface area (Å²) in [6, 6.07) is 7.29. The first-order valence-corrected chi connectivity index (χ1v) is 13.1. The first-order chi connectivity index (χ1) is 17.9. The largest absolute Gasteiger partial charge is 0.522 e. The Morgan fingerprint density at radius 2 is 1.84 bits per heavy atom. The number of hydrogen-bond acceptors (Lipinski definition) is 7. The lowest BCUT2D eigenvalue weighted by Crippen LogP contribution is -2.71. The van der Waals surface area contributed by atoms with E-state index in [9.17, 15) is 27.9 Å². The minimum Gasteiger partial charge on any atom is -0.475 e. The number of carbonyl (C=O) groups excluding carboxylic acids is 2. The van der Waals surface area contributed by atoms with E-state index in [1.807, 2.05) is 18.2 Å². The quantitative estimate of drug-likeness (QED) is 0.347. The van der Waals surface area contributed by atoms with E-state index in [4.69, 9.17) is 21.1 Å². The monoisotopic (exact) mass is 561 g/mol. The standard InChI is InChI=1S/C25H31ClF3N3O6/c1-32-16-4-2-3-5-17(16)37-20(21(32)26)22(35)31-24-8-6-23(7-9-24,12-18(24)33)30-19(34)13-36-14-10-15(11-14)38-25(27,28)29/h2-5,14-15,18,20-21,33H,6-13H2,1H3,(H,30,34)(H,31,35). The van der Waals surface area contributed by atoms with Crippen molar-refractivity contribution in [2.75, 3.05) is 18.6 Å². The SMILES string of the molecule is CN1c2ccccc2OC(C(=O)NC23CCC(NC(=O)COC4CC(OC(F)(F)F)C4)(CC2)CC3O)C1Cl. The molecule has 4 saturated carbocycles. The maximum atomic E-state index is 13.3. The Balaban J connectivity index is 1.12. The minimum absolute atomic E-state index is 0.0775. The van der Waals surface area contributed by atoms with Crippen LogP contribution >= 0.6 is 11.6 Å². The predicted molar refractivity (Wildman–Crippen MR) is 130 cm³/mol. The number of aliphatic hydroxyl groups excluding tert-OH is 1.